The highest BCUT2D eigenvalue weighted by atomic mass is 35.5. The fourth-order valence-electron chi connectivity index (χ4n) is 3.58. The lowest BCUT2D eigenvalue weighted by Crippen LogP contribution is -2.42. The minimum absolute atomic E-state index is 0. The summed E-state index contributed by atoms with van der Waals surface area (Å²) >= 11 is 0. The van der Waals surface area contributed by atoms with E-state index in [0.717, 1.165) is 19.3 Å². The summed E-state index contributed by atoms with van der Waals surface area (Å²) in [5, 5.41) is 3.33. The molecule has 0 aliphatic heterocycles. The van der Waals surface area contributed by atoms with Crippen LogP contribution in [0.25, 0.3) is 0 Å². The highest BCUT2D eigenvalue weighted by Crippen LogP contribution is 2.36. The number of amides is 1. The Bertz CT molecular complexity index is 524. The first-order valence-electron chi connectivity index (χ1n) is 8.40. The smallest absolute Gasteiger partial charge is 0.223 e. The van der Waals surface area contributed by atoms with E-state index < -0.39 is 0 Å². The third-order valence-electron chi connectivity index (χ3n) is 4.95. The molecular formula is C19H31ClN2O. The van der Waals surface area contributed by atoms with Gasteiger partial charge in [-0.25, -0.2) is 0 Å². The highest BCUT2D eigenvalue weighted by molar-refractivity contribution is 5.85. The molecule has 0 radical (unpaired) electrons. The van der Waals surface area contributed by atoms with E-state index in [9.17, 15) is 4.79 Å². The SMILES string of the molecule is Cc1ccccc1C(NC(=O)[C@@H]1CCC[C@@H]1CN)C(C)(C)C.Cl. The Kier molecular flexibility index (Phi) is 7.09. The number of halogens is 1. The number of rotatable bonds is 4. The summed E-state index contributed by atoms with van der Waals surface area (Å²) in [4.78, 5) is 12.8. The normalized spacial score (nSPS) is 22.3. The molecule has 3 atom stereocenters. The standard InChI is InChI=1S/C19H30N2O.ClH/c1-13-8-5-6-10-15(13)17(19(2,3)4)21-18(22)16-11-7-9-14(16)12-20;/h5-6,8,10,14,16-17H,7,9,11-12,20H2,1-4H3,(H,21,22);1H/t14-,16-,17?;/m1./s1. The lowest BCUT2D eigenvalue weighted by Gasteiger charge is -2.34. The number of hydrogen-bond acceptors (Lipinski definition) is 2. The van der Waals surface area contributed by atoms with Crippen LogP contribution in [0.2, 0.25) is 0 Å². The van der Waals surface area contributed by atoms with Crippen molar-refractivity contribution in [1.82, 2.24) is 5.32 Å². The summed E-state index contributed by atoms with van der Waals surface area (Å²) in [6, 6.07) is 8.35. The van der Waals surface area contributed by atoms with Gasteiger partial charge in [0.25, 0.3) is 0 Å². The second-order valence-electron chi connectivity index (χ2n) is 7.70. The molecule has 4 heteroatoms. The van der Waals surface area contributed by atoms with E-state index in [1.807, 2.05) is 12.1 Å². The summed E-state index contributed by atoms with van der Waals surface area (Å²) in [5.74, 6) is 0.604. The Morgan fingerprint density at radius 2 is 1.96 bits per heavy atom. The van der Waals surface area contributed by atoms with Gasteiger partial charge < -0.3 is 11.1 Å². The van der Waals surface area contributed by atoms with E-state index in [0.29, 0.717) is 12.5 Å². The van der Waals surface area contributed by atoms with Gasteiger partial charge in [0.15, 0.2) is 0 Å². The second-order valence-corrected chi connectivity index (χ2v) is 7.70. The molecule has 3 nitrogen and oxygen atoms in total. The van der Waals surface area contributed by atoms with Crippen LogP contribution in [0.5, 0.6) is 0 Å². The third kappa shape index (κ3) is 4.71. The van der Waals surface area contributed by atoms with Crippen LogP contribution in [0.1, 0.15) is 57.2 Å². The van der Waals surface area contributed by atoms with Crippen molar-refractivity contribution in [2.24, 2.45) is 23.0 Å². The average Bonchev–Trinajstić information content (AvgIpc) is 2.93. The Morgan fingerprint density at radius 3 is 2.52 bits per heavy atom. The van der Waals surface area contributed by atoms with E-state index in [4.69, 9.17) is 5.73 Å². The van der Waals surface area contributed by atoms with Crippen molar-refractivity contribution < 1.29 is 4.79 Å². The highest BCUT2D eigenvalue weighted by Gasteiger charge is 2.35. The minimum Gasteiger partial charge on any atom is -0.349 e. The molecule has 0 heterocycles. The molecule has 3 N–H and O–H groups in total. The number of hydrogen-bond donors (Lipinski definition) is 2. The zero-order valence-corrected chi connectivity index (χ0v) is 15.6. The maximum atomic E-state index is 12.8. The number of nitrogens with one attached hydrogen (secondary N) is 1. The maximum Gasteiger partial charge on any atom is 0.223 e. The maximum absolute atomic E-state index is 12.8. The fraction of sp³-hybridized carbons (Fsp3) is 0.632. The lowest BCUT2D eigenvalue weighted by atomic mass is 9.80. The molecule has 130 valence electrons. The van der Waals surface area contributed by atoms with Crippen molar-refractivity contribution in [3.8, 4) is 0 Å². The summed E-state index contributed by atoms with van der Waals surface area (Å²) in [7, 11) is 0. The number of nitrogens with two attached hydrogens (primary N) is 1. The predicted octanol–water partition coefficient (Wildman–Crippen LogP) is 4.00. The van der Waals surface area contributed by atoms with Gasteiger partial charge in [-0.05, 0) is 48.8 Å². The molecule has 0 bridgehead atoms. The molecule has 1 aliphatic rings. The third-order valence-corrected chi connectivity index (χ3v) is 4.95. The average molecular weight is 339 g/mol. The van der Waals surface area contributed by atoms with E-state index in [2.05, 4.69) is 45.1 Å². The molecule has 1 amide bonds. The van der Waals surface area contributed by atoms with Gasteiger partial charge in [0.05, 0.1) is 6.04 Å². The van der Waals surface area contributed by atoms with Crippen LogP contribution in [0.4, 0.5) is 0 Å². The van der Waals surface area contributed by atoms with Crippen LogP contribution in [-0.2, 0) is 4.79 Å². The van der Waals surface area contributed by atoms with Gasteiger partial charge in [-0.1, -0.05) is 51.5 Å². The van der Waals surface area contributed by atoms with Crippen LogP contribution in [0.15, 0.2) is 24.3 Å². The summed E-state index contributed by atoms with van der Waals surface area (Å²) in [6.45, 7) is 9.26. The van der Waals surface area contributed by atoms with Crippen LogP contribution < -0.4 is 11.1 Å². The van der Waals surface area contributed by atoms with Crippen molar-refractivity contribution in [1.29, 1.82) is 0 Å². The largest absolute Gasteiger partial charge is 0.349 e. The first-order valence-corrected chi connectivity index (χ1v) is 8.40. The molecular weight excluding hydrogens is 308 g/mol. The quantitative estimate of drug-likeness (QED) is 0.872. The van der Waals surface area contributed by atoms with Crippen LogP contribution in [0, 0.1) is 24.2 Å². The molecule has 1 aliphatic carbocycles. The monoisotopic (exact) mass is 338 g/mol. The Hall–Kier alpha value is -1.06. The molecule has 2 rings (SSSR count). The fourth-order valence-corrected chi connectivity index (χ4v) is 3.58. The zero-order valence-electron chi connectivity index (χ0n) is 14.8. The Morgan fingerprint density at radius 1 is 1.30 bits per heavy atom. The Labute approximate surface area is 146 Å². The van der Waals surface area contributed by atoms with E-state index in [1.165, 1.54) is 11.1 Å². The predicted molar refractivity (Wildman–Crippen MR) is 98.7 cm³/mol. The minimum atomic E-state index is -0.0292. The molecule has 1 unspecified atom stereocenters. The van der Waals surface area contributed by atoms with Crippen molar-refractivity contribution in [3.63, 3.8) is 0 Å². The number of aryl methyl sites for hydroxylation is 1. The van der Waals surface area contributed by atoms with Crippen molar-refractivity contribution in [2.45, 2.75) is 53.0 Å². The van der Waals surface area contributed by atoms with Crippen molar-refractivity contribution >= 4 is 18.3 Å². The van der Waals surface area contributed by atoms with Gasteiger partial charge >= 0.3 is 0 Å². The van der Waals surface area contributed by atoms with Gasteiger partial charge in [0, 0.05) is 5.92 Å². The first-order chi connectivity index (χ1) is 10.3. The summed E-state index contributed by atoms with van der Waals surface area (Å²) < 4.78 is 0. The molecule has 23 heavy (non-hydrogen) atoms. The van der Waals surface area contributed by atoms with Gasteiger partial charge in [-0.3, -0.25) is 4.79 Å². The number of benzene rings is 1. The molecule has 1 aromatic carbocycles. The number of carbonyl (C=O) groups is 1. The van der Waals surface area contributed by atoms with Gasteiger partial charge in [-0.15, -0.1) is 12.4 Å². The molecule has 0 saturated heterocycles. The molecule has 1 aromatic rings. The summed E-state index contributed by atoms with van der Waals surface area (Å²) in [6.07, 6.45) is 3.17. The molecule has 1 saturated carbocycles. The van der Waals surface area contributed by atoms with E-state index >= 15 is 0 Å². The molecule has 0 spiro atoms. The van der Waals surface area contributed by atoms with E-state index in [-0.39, 0.29) is 35.7 Å². The van der Waals surface area contributed by atoms with Crippen molar-refractivity contribution in [3.05, 3.63) is 35.4 Å². The van der Waals surface area contributed by atoms with Crippen LogP contribution in [0.3, 0.4) is 0 Å². The van der Waals surface area contributed by atoms with E-state index in [1.54, 1.807) is 0 Å². The first kappa shape index (κ1) is 20.0. The van der Waals surface area contributed by atoms with Crippen LogP contribution >= 0.6 is 12.4 Å². The van der Waals surface area contributed by atoms with Crippen LogP contribution in [-0.4, -0.2) is 12.5 Å². The lowest BCUT2D eigenvalue weighted by molar-refractivity contribution is -0.127. The van der Waals surface area contributed by atoms with Gasteiger partial charge in [0.1, 0.15) is 0 Å². The molecule has 0 aromatic heterocycles. The summed E-state index contributed by atoms with van der Waals surface area (Å²) in [5.41, 5.74) is 8.24. The second kappa shape index (κ2) is 8.16. The van der Waals surface area contributed by atoms with Crippen molar-refractivity contribution in [2.75, 3.05) is 6.54 Å². The van der Waals surface area contributed by atoms with Gasteiger partial charge in [0.2, 0.25) is 5.91 Å². The number of carbonyl (C=O) groups excluding carboxylic acids is 1. The zero-order chi connectivity index (χ0) is 16.3. The topological polar surface area (TPSA) is 55.1 Å². The molecule has 1 fully saturated rings. The Balaban J connectivity index is 0.00000264. The van der Waals surface area contributed by atoms with Gasteiger partial charge in [-0.2, -0.15) is 0 Å².